The standard InChI is InChI=1S/C25H25N3O2/c1-18(29)26-22-12-14-23(15-13-22)27-25(30)21-10-8-19(9-11-21)17-28-16-4-6-20-5-2-3-7-24(20)28/h2-3,5,7-15H,4,6,16-17H2,1H3,(H,26,29)(H,27,30). The number of fused-ring (bicyclic) bond motifs is 1. The van der Waals surface area contributed by atoms with Crippen molar-refractivity contribution in [3.8, 4) is 0 Å². The van der Waals surface area contributed by atoms with Gasteiger partial charge in [0.1, 0.15) is 0 Å². The molecule has 0 aromatic heterocycles. The number of carbonyl (C=O) groups is 2. The minimum atomic E-state index is -0.155. The molecule has 1 aliphatic rings. The maximum Gasteiger partial charge on any atom is 0.255 e. The third kappa shape index (κ3) is 4.69. The van der Waals surface area contributed by atoms with Gasteiger partial charge in [0.15, 0.2) is 0 Å². The third-order valence-electron chi connectivity index (χ3n) is 5.26. The fourth-order valence-corrected chi connectivity index (χ4v) is 3.80. The topological polar surface area (TPSA) is 61.4 Å². The summed E-state index contributed by atoms with van der Waals surface area (Å²) in [6, 6.07) is 23.4. The van der Waals surface area contributed by atoms with Crippen LogP contribution in [0.2, 0.25) is 0 Å². The summed E-state index contributed by atoms with van der Waals surface area (Å²) < 4.78 is 0. The van der Waals surface area contributed by atoms with Crippen molar-refractivity contribution in [3.05, 3.63) is 89.5 Å². The second kappa shape index (κ2) is 8.82. The van der Waals surface area contributed by atoms with E-state index in [-0.39, 0.29) is 11.8 Å². The second-order valence-electron chi connectivity index (χ2n) is 7.56. The Hall–Kier alpha value is -3.60. The number of anilines is 3. The van der Waals surface area contributed by atoms with Crippen molar-refractivity contribution < 1.29 is 9.59 Å². The number of carbonyl (C=O) groups excluding carboxylic acids is 2. The van der Waals surface area contributed by atoms with Crippen LogP contribution in [0.15, 0.2) is 72.8 Å². The minimum absolute atomic E-state index is 0.125. The molecule has 0 aliphatic carbocycles. The van der Waals surface area contributed by atoms with E-state index in [2.05, 4.69) is 39.8 Å². The number of benzene rings is 3. The minimum Gasteiger partial charge on any atom is -0.367 e. The van der Waals surface area contributed by atoms with E-state index in [1.165, 1.54) is 23.7 Å². The van der Waals surface area contributed by atoms with Crippen molar-refractivity contribution in [1.29, 1.82) is 0 Å². The Kier molecular flexibility index (Phi) is 5.80. The average molecular weight is 399 g/mol. The number of nitrogens with zero attached hydrogens (tertiary/aromatic N) is 1. The van der Waals surface area contributed by atoms with Gasteiger partial charge in [0.05, 0.1) is 0 Å². The fourth-order valence-electron chi connectivity index (χ4n) is 3.80. The maximum absolute atomic E-state index is 12.6. The SMILES string of the molecule is CC(=O)Nc1ccc(NC(=O)c2ccc(CN3CCCc4ccccc43)cc2)cc1. The Labute approximate surface area is 176 Å². The van der Waals surface area contributed by atoms with Crippen LogP contribution in [0.5, 0.6) is 0 Å². The summed E-state index contributed by atoms with van der Waals surface area (Å²) >= 11 is 0. The lowest BCUT2D eigenvalue weighted by molar-refractivity contribution is -0.114. The Morgan fingerprint density at radius 3 is 2.23 bits per heavy atom. The molecule has 30 heavy (non-hydrogen) atoms. The highest BCUT2D eigenvalue weighted by molar-refractivity contribution is 6.04. The van der Waals surface area contributed by atoms with E-state index in [0.717, 1.165) is 25.9 Å². The summed E-state index contributed by atoms with van der Waals surface area (Å²) in [6.45, 7) is 3.35. The highest BCUT2D eigenvalue weighted by Crippen LogP contribution is 2.28. The third-order valence-corrected chi connectivity index (χ3v) is 5.26. The molecule has 152 valence electrons. The van der Waals surface area contributed by atoms with Crippen LogP contribution in [0, 0.1) is 0 Å². The van der Waals surface area contributed by atoms with Crippen molar-refractivity contribution >= 4 is 28.9 Å². The van der Waals surface area contributed by atoms with Gasteiger partial charge in [-0.25, -0.2) is 0 Å². The predicted molar refractivity (Wildman–Crippen MR) is 121 cm³/mol. The molecule has 0 saturated carbocycles. The summed E-state index contributed by atoms with van der Waals surface area (Å²) in [5, 5.41) is 5.60. The Morgan fingerprint density at radius 1 is 0.867 bits per heavy atom. The van der Waals surface area contributed by atoms with Crippen LogP contribution >= 0.6 is 0 Å². The molecular formula is C25H25N3O2. The average Bonchev–Trinajstić information content (AvgIpc) is 2.75. The molecule has 1 aliphatic heterocycles. The highest BCUT2D eigenvalue weighted by Gasteiger charge is 2.16. The quantitative estimate of drug-likeness (QED) is 0.645. The molecule has 1 heterocycles. The summed E-state index contributed by atoms with van der Waals surface area (Å²) in [5.41, 5.74) is 5.90. The number of hydrogen-bond donors (Lipinski definition) is 2. The second-order valence-corrected chi connectivity index (χ2v) is 7.56. The first-order valence-corrected chi connectivity index (χ1v) is 10.2. The van der Waals surface area contributed by atoms with Crippen LogP contribution in [-0.4, -0.2) is 18.4 Å². The van der Waals surface area contributed by atoms with Gasteiger partial charge in [-0.1, -0.05) is 30.3 Å². The van der Waals surface area contributed by atoms with Crippen molar-refractivity contribution in [2.24, 2.45) is 0 Å². The maximum atomic E-state index is 12.6. The van der Waals surface area contributed by atoms with Crippen LogP contribution in [0.1, 0.15) is 34.8 Å². The molecule has 0 radical (unpaired) electrons. The molecule has 2 amide bonds. The Morgan fingerprint density at radius 2 is 1.53 bits per heavy atom. The summed E-state index contributed by atoms with van der Waals surface area (Å²) in [4.78, 5) is 26.0. The monoisotopic (exact) mass is 399 g/mol. The van der Waals surface area contributed by atoms with E-state index in [4.69, 9.17) is 0 Å². The molecule has 0 unspecified atom stereocenters. The van der Waals surface area contributed by atoms with Gasteiger partial charge in [0.2, 0.25) is 5.91 Å². The van der Waals surface area contributed by atoms with Crippen molar-refractivity contribution in [3.63, 3.8) is 0 Å². The molecule has 0 bridgehead atoms. The van der Waals surface area contributed by atoms with Crippen LogP contribution in [0.3, 0.4) is 0 Å². The first-order valence-electron chi connectivity index (χ1n) is 10.2. The predicted octanol–water partition coefficient (Wildman–Crippen LogP) is 4.85. The van der Waals surface area contributed by atoms with E-state index >= 15 is 0 Å². The molecule has 5 nitrogen and oxygen atoms in total. The molecule has 0 saturated heterocycles. The summed E-state index contributed by atoms with van der Waals surface area (Å²) in [6.07, 6.45) is 2.30. The highest BCUT2D eigenvalue weighted by atomic mass is 16.2. The summed E-state index contributed by atoms with van der Waals surface area (Å²) in [5.74, 6) is -0.280. The normalized spacial score (nSPS) is 12.8. The lowest BCUT2D eigenvalue weighted by Gasteiger charge is -2.31. The van der Waals surface area contributed by atoms with E-state index in [0.29, 0.717) is 16.9 Å². The van der Waals surface area contributed by atoms with Gasteiger partial charge in [0, 0.05) is 42.6 Å². The fraction of sp³-hybridized carbons (Fsp3) is 0.200. The molecule has 3 aromatic rings. The van der Waals surface area contributed by atoms with Gasteiger partial charge in [-0.3, -0.25) is 9.59 Å². The van der Waals surface area contributed by atoms with E-state index in [9.17, 15) is 9.59 Å². The van der Waals surface area contributed by atoms with Crippen LogP contribution < -0.4 is 15.5 Å². The van der Waals surface area contributed by atoms with Crippen LogP contribution in [0.4, 0.5) is 17.1 Å². The van der Waals surface area contributed by atoms with Gasteiger partial charge in [-0.2, -0.15) is 0 Å². The zero-order valence-corrected chi connectivity index (χ0v) is 17.0. The Bertz CT molecular complexity index is 1040. The van der Waals surface area contributed by atoms with Crippen molar-refractivity contribution in [2.75, 3.05) is 22.1 Å². The Balaban J connectivity index is 1.39. The van der Waals surface area contributed by atoms with Crippen LogP contribution in [0.25, 0.3) is 0 Å². The molecule has 0 fully saturated rings. The van der Waals surface area contributed by atoms with Gasteiger partial charge >= 0.3 is 0 Å². The van der Waals surface area contributed by atoms with Crippen molar-refractivity contribution in [2.45, 2.75) is 26.3 Å². The van der Waals surface area contributed by atoms with Crippen LogP contribution in [-0.2, 0) is 17.8 Å². The van der Waals surface area contributed by atoms with E-state index in [1.807, 2.05) is 24.3 Å². The van der Waals surface area contributed by atoms with Gasteiger partial charge in [-0.15, -0.1) is 0 Å². The molecule has 0 atom stereocenters. The number of rotatable bonds is 5. The van der Waals surface area contributed by atoms with Crippen molar-refractivity contribution in [1.82, 2.24) is 0 Å². The largest absolute Gasteiger partial charge is 0.367 e. The smallest absolute Gasteiger partial charge is 0.255 e. The first kappa shape index (κ1) is 19.7. The molecule has 5 heteroatoms. The van der Waals surface area contributed by atoms with Gasteiger partial charge < -0.3 is 15.5 Å². The number of para-hydroxylation sites is 1. The first-order chi connectivity index (χ1) is 14.6. The number of amides is 2. The molecule has 3 aromatic carbocycles. The van der Waals surface area contributed by atoms with E-state index < -0.39 is 0 Å². The number of nitrogens with one attached hydrogen (secondary N) is 2. The molecule has 2 N–H and O–H groups in total. The number of aryl methyl sites for hydroxylation is 1. The molecule has 0 spiro atoms. The lowest BCUT2D eigenvalue weighted by atomic mass is 10.0. The number of hydrogen-bond acceptors (Lipinski definition) is 3. The lowest BCUT2D eigenvalue weighted by Crippen LogP contribution is -2.28. The molecule has 4 rings (SSSR count). The van der Waals surface area contributed by atoms with E-state index in [1.54, 1.807) is 24.3 Å². The molecular weight excluding hydrogens is 374 g/mol. The zero-order valence-electron chi connectivity index (χ0n) is 17.0. The summed E-state index contributed by atoms with van der Waals surface area (Å²) in [7, 11) is 0. The zero-order chi connectivity index (χ0) is 20.9. The van der Waals surface area contributed by atoms with Gasteiger partial charge in [0.25, 0.3) is 5.91 Å². The van der Waals surface area contributed by atoms with Gasteiger partial charge in [-0.05, 0) is 66.4 Å².